The number of benzene rings is 3. The number of thiocarbonyl (C=S) groups is 1. The highest BCUT2D eigenvalue weighted by Gasteiger charge is 2.31. The summed E-state index contributed by atoms with van der Waals surface area (Å²) in [5, 5.41) is 3.49. The SMILES string of the molecule is O=C(CCCCCN1C(=O)/C(=C/c2cccc(Oc3ccccc3)c2)SC1=S)Nc1ccc(Cl)cc1. The van der Waals surface area contributed by atoms with E-state index in [0.717, 1.165) is 36.3 Å². The molecule has 0 aromatic heterocycles. The first-order valence-electron chi connectivity index (χ1n) is 11.6. The molecular weight excluding hydrogens is 512 g/mol. The predicted molar refractivity (Wildman–Crippen MR) is 151 cm³/mol. The highest BCUT2D eigenvalue weighted by molar-refractivity contribution is 8.26. The highest BCUT2D eigenvalue weighted by atomic mass is 35.5. The fraction of sp³-hybridized carbons (Fsp3) is 0.179. The fourth-order valence-electron chi connectivity index (χ4n) is 3.63. The Labute approximate surface area is 225 Å². The van der Waals surface area contributed by atoms with Crippen LogP contribution >= 0.6 is 35.6 Å². The lowest BCUT2D eigenvalue weighted by molar-refractivity contribution is -0.122. The van der Waals surface area contributed by atoms with E-state index in [1.165, 1.54) is 11.8 Å². The van der Waals surface area contributed by atoms with Crippen LogP contribution in [0.25, 0.3) is 6.08 Å². The number of anilines is 1. The quantitative estimate of drug-likeness (QED) is 0.165. The van der Waals surface area contributed by atoms with Gasteiger partial charge in [0.25, 0.3) is 5.91 Å². The second-order valence-corrected chi connectivity index (χ2v) is 10.3. The van der Waals surface area contributed by atoms with Gasteiger partial charge in [-0.25, -0.2) is 0 Å². The second-order valence-electron chi connectivity index (χ2n) is 8.19. The van der Waals surface area contributed by atoms with Crippen molar-refractivity contribution in [2.24, 2.45) is 0 Å². The van der Waals surface area contributed by atoms with Crippen LogP contribution in [0.3, 0.4) is 0 Å². The zero-order valence-corrected chi connectivity index (χ0v) is 21.9. The molecule has 1 heterocycles. The molecule has 4 rings (SSSR count). The van der Waals surface area contributed by atoms with Crippen molar-refractivity contribution < 1.29 is 14.3 Å². The Morgan fingerprint density at radius 3 is 2.50 bits per heavy atom. The van der Waals surface area contributed by atoms with Crippen LogP contribution < -0.4 is 10.1 Å². The third-order valence-corrected chi connectivity index (χ3v) is 7.05. The molecule has 184 valence electrons. The van der Waals surface area contributed by atoms with Crippen LogP contribution in [0.5, 0.6) is 11.5 Å². The van der Waals surface area contributed by atoms with Gasteiger partial charge in [0.05, 0.1) is 4.91 Å². The molecule has 1 fully saturated rings. The number of amides is 2. The summed E-state index contributed by atoms with van der Waals surface area (Å²) in [7, 11) is 0. The van der Waals surface area contributed by atoms with Gasteiger partial charge in [-0.1, -0.05) is 72.3 Å². The standard InChI is InChI=1S/C28H25ClN2O3S2/c29-21-13-15-22(16-14-21)30-26(32)12-5-2-6-17-31-27(33)25(36-28(31)35)19-20-8-7-11-24(18-20)34-23-9-3-1-4-10-23/h1,3-4,7-11,13-16,18-19H,2,5-6,12,17H2,(H,30,32)/b25-19-. The number of rotatable bonds is 10. The van der Waals surface area contributed by atoms with E-state index in [9.17, 15) is 9.59 Å². The molecule has 1 saturated heterocycles. The third kappa shape index (κ3) is 7.43. The predicted octanol–water partition coefficient (Wildman–Crippen LogP) is 7.53. The average molecular weight is 537 g/mol. The number of unbranched alkanes of at least 4 members (excludes halogenated alkanes) is 2. The first kappa shape index (κ1) is 25.9. The fourth-order valence-corrected chi connectivity index (χ4v) is 5.06. The number of para-hydroxylation sites is 1. The Balaban J connectivity index is 1.24. The average Bonchev–Trinajstić information content (AvgIpc) is 3.13. The summed E-state index contributed by atoms with van der Waals surface area (Å²) in [5.74, 6) is 1.33. The topological polar surface area (TPSA) is 58.6 Å². The van der Waals surface area contributed by atoms with Crippen LogP contribution in [-0.2, 0) is 9.59 Å². The van der Waals surface area contributed by atoms with E-state index in [2.05, 4.69) is 5.32 Å². The third-order valence-electron chi connectivity index (χ3n) is 5.42. The maximum absolute atomic E-state index is 12.9. The van der Waals surface area contributed by atoms with Crippen molar-refractivity contribution >= 4 is 63.5 Å². The molecule has 36 heavy (non-hydrogen) atoms. The van der Waals surface area contributed by atoms with Crippen LogP contribution in [0.1, 0.15) is 31.2 Å². The van der Waals surface area contributed by atoms with Crippen molar-refractivity contribution in [1.82, 2.24) is 4.90 Å². The minimum absolute atomic E-state index is 0.0376. The van der Waals surface area contributed by atoms with Crippen molar-refractivity contribution in [2.45, 2.75) is 25.7 Å². The van der Waals surface area contributed by atoms with E-state index in [0.29, 0.717) is 33.0 Å². The Hall–Kier alpha value is -3.13. The number of thioether (sulfide) groups is 1. The number of hydrogen-bond donors (Lipinski definition) is 1. The summed E-state index contributed by atoms with van der Waals surface area (Å²) in [6.45, 7) is 0.540. The van der Waals surface area contributed by atoms with Gasteiger partial charge in [0.1, 0.15) is 15.8 Å². The minimum Gasteiger partial charge on any atom is -0.457 e. The summed E-state index contributed by atoms with van der Waals surface area (Å²) in [5.41, 5.74) is 1.60. The molecule has 5 nitrogen and oxygen atoms in total. The van der Waals surface area contributed by atoms with E-state index in [-0.39, 0.29) is 11.8 Å². The molecule has 8 heteroatoms. The number of carbonyl (C=O) groups is 2. The number of halogens is 1. The molecule has 3 aromatic carbocycles. The minimum atomic E-state index is -0.0835. The van der Waals surface area contributed by atoms with Gasteiger partial charge in [-0.05, 0) is 73.0 Å². The van der Waals surface area contributed by atoms with Crippen LogP contribution in [0.2, 0.25) is 5.02 Å². The number of nitrogens with zero attached hydrogens (tertiary/aromatic N) is 1. The van der Waals surface area contributed by atoms with Gasteiger partial charge < -0.3 is 10.1 Å². The molecule has 2 amide bonds. The van der Waals surface area contributed by atoms with Crippen LogP contribution in [0.15, 0.2) is 83.8 Å². The zero-order chi connectivity index (χ0) is 25.3. The summed E-state index contributed by atoms with van der Waals surface area (Å²) >= 11 is 12.6. The Morgan fingerprint density at radius 1 is 0.972 bits per heavy atom. The van der Waals surface area contributed by atoms with Crippen LogP contribution in [0, 0.1) is 0 Å². The molecule has 0 aliphatic carbocycles. The molecular formula is C28H25ClN2O3S2. The summed E-state index contributed by atoms with van der Waals surface area (Å²) in [6, 6.07) is 24.2. The molecule has 1 N–H and O–H groups in total. The van der Waals surface area contributed by atoms with E-state index in [1.807, 2.05) is 60.7 Å². The molecule has 0 unspecified atom stereocenters. The molecule has 0 atom stereocenters. The monoisotopic (exact) mass is 536 g/mol. The van der Waals surface area contributed by atoms with Crippen molar-refractivity contribution in [3.8, 4) is 11.5 Å². The van der Waals surface area contributed by atoms with Gasteiger partial charge in [-0.2, -0.15) is 0 Å². The van der Waals surface area contributed by atoms with Crippen LogP contribution in [0.4, 0.5) is 5.69 Å². The maximum atomic E-state index is 12.9. The lowest BCUT2D eigenvalue weighted by atomic mass is 10.1. The first-order chi connectivity index (χ1) is 17.5. The molecule has 0 saturated carbocycles. The molecule has 0 bridgehead atoms. The lowest BCUT2D eigenvalue weighted by Gasteiger charge is -2.14. The number of carbonyl (C=O) groups excluding carboxylic acids is 2. The van der Waals surface area contributed by atoms with Crippen molar-refractivity contribution in [3.05, 3.63) is 94.4 Å². The van der Waals surface area contributed by atoms with E-state index in [1.54, 1.807) is 29.2 Å². The largest absolute Gasteiger partial charge is 0.457 e. The Morgan fingerprint density at radius 2 is 1.72 bits per heavy atom. The molecule has 0 radical (unpaired) electrons. The second kappa shape index (κ2) is 12.7. The van der Waals surface area contributed by atoms with E-state index in [4.69, 9.17) is 28.6 Å². The summed E-state index contributed by atoms with van der Waals surface area (Å²) in [6.07, 6.45) is 4.59. The molecule has 1 aliphatic rings. The maximum Gasteiger partial charge on any atom is 0.266 e. The molecule has 1 aliphatic heterocycles. The molecule has 3 aromatic rings. The van der Waals surface area contributed by atoms with Crippen molar-refractivity contribution in [1.29, 1.82) is 0 Å². The molecule has 0 spiro atoms. The van der Waals surface area contributed by atoms with E-state index < -0.39 is 0 Å². The van der Waals surface area contributed by atoms with Gasteiger partial charge in [-0.3, -0.25) is 14.5 Å². The van der Waals surface area contributed by atoms with Gasteiger partial charge in [0.15, 0.2) is 0 Å². The van der Waals surface area contributed by atoms with Gasteiger partial charge in [0, 0.05) is 23.7 Å². The summed E-state index contributed by atoms with van der Waals surface area (Å²) in [4.78, 5) is 27.3. The van der Waals surface area contributed by atoms with Gasteiger partial charge >= 0.3 is 0 Å². The Kier molecular flexibility index (Phi) is 9.17. The summed E-state index contributed by atoms with van der Waals surface area (Å²) < 4.78 is 6.45. The zero-order valence-electron chi connectivity index (χ0n) is 19.5. The number of hydrogen-bond acceptors (Lipinski definition) is 5. The van der Waals surface area contributed by atoms with Crippen LogP contribution in [-0.4, -0.2) is 27.6 Å². The smallest absolute Gasteiger partial charge is 0.266 e. The van der Waals surface area contributed by atoms with E-state index >= 15 is 0 Å². The normalized spacial score (nSPS) is 14.4. The number of ether oxygens (including phenoxy) is 1. The highest BCUT2D eigenvalue weighted by Crippen LogP contribution is 2.33. The Bertz CT molecular complexity index is 1260. The van der Waals surface area contributed by atoms with Gasteiger partial charge in [-0.15, -0.1) is 0 Å². The lowest BCUT2D eigenvalue weighted by Crippen LogP contribution is -2.29. The first-order valence-corrected chi connectivity index (χ1v) is 13.2. The van der Waals surface area contributed by atoms with Crippen molar-refractivity contribution in [2.75, 3.05) is 11.9 Å². The van der Waals surface area contributed by atoms with Gasteiger partial charge in [0.2, 0.25) is 5.91 Å². The van der Waals surface area contributed by atoms with Crippen molar-refractivity contribution in [3.63, 3.8) is 0 Å². The number of nitrogens with one attached hydrogen (secondary N) is 1.